The van der Waals surface area contributed by atoms with Crippen molar-refractivity contribution in [3.63, 3.8) is 0 Å². The maximum atomic E-state index is 12.1. The first-order chi connectivity index (χ1) is 11.5. The van der Waals surface area contributed by atoms with Crippen LogP contribution in [0.15, 0.2) is 40.9 Å². The zero-order valence-electron chi connectivity index (χ0n) is 13.0. The number of carbonyl (C=O) groups is 2. The molecule has 0 spiro atoms. The molecule has 0 aliphatic rings. The minimum Gasteiger partial charge on any atom is -0.493 e. The number of ketones is 1. The van der Waals surface area contributed by atoms with Crippen molar-refractivity contribution >= 4 is 39.3 Å². The third kappa shape index (κ3) is 4.27. The Balaban J connectivity index is 2.08. The minimum atomic E-state index is -0.640. The van der Waals surface area contributed by atoms with Gasteiger partial charge < -0.3 is 14.2 Å². The standard InChI is InChI=1S/C17H14BrClO5/c1-22-15-8-11(7-13(18)16(15)23-2)17(21)24-9-14(20)10-3-5-12(19)6-4-10/h3-8H,9H2,1-2H3. The van der Waals surface area contributed by atoms with Gasteiger partial charge in [0.05, 0.1) is 24.3 Å². The summed E-state index contributed by atoms with van der Waals surface area (Å²) in [4.78, 5) is 24.1. The number of Topliss-reactive ketones (excluding diaryl/α,β-unsaturated/α-hetero) is 1. The lowest BCUT2D eigenvalue weighted by Crippen LogP contribution is -2.14. The topological polar surface area (TPSA) is 61.8 Å². The van der Waals surface area contributed by atoms with Gasteiger partial charge in [-0.3, -0.25) is 4.79 Å². The van der Waals surface area contributed by atoms with E-state index in [1.165, 1.54) is 26.4 Å². The summed E-state index contributed by atoms with van der Waals surface area (Å²) >= 11 is 9.07. The van der Waals surface area contributed by atoms with E-state index in [9.17, 15) is 9.59 Å². The molecule has 0 fully saturated rings. The molecule has 0 heterocycles. The molecule has 0 atom stereocenters. The molecule has 2 rings (SSSR count). The molecule has 7 heteroatoms. The molecule has 0 unspecified atom stereocenters. The van der Waals surface area contributed by atoms with E-state index >= 15 is 0 Å². The van der Waals surface area contributed by atoms with Crippen molar-refractivity contribution in [2.45, 2.75) is 0 Å². The summed E-state index contributed by atoms with van der Waals surface area (Å²) in [6.45, 7) is -0.369. The summed E-state index contributed by atoms with van der Waals surface area (Å²) in [5.41, 5.74) is 0.657. The van der Waals surface area contributed by atoms with Gasteiger partial charge in [0.15, 0.2) is 23.9 Å². The van der Waals surface area contributed by atoms with E-state index in [-0.39, 0.29) is 18.0 Å². The van der Waals surface area contributed by atoms with Crippen molar-refractivity contribution in [3.05, 3.63) is 57.0 Å². The number of methoxy groups -OCH3 is 2. The van der Waals surface area contributed by atoms with Crippen molar-refractivity contribution in [2.75, 3.05) is 20.8 Å². The van der Waals surface area contributed by atoms with Crippen molar-refractivity contribution in [1.29, 1.82) is 0 Å². The molecule has 0 aliphatic heterocycles. The van der Waals surface area contributed by atoms with Gasteiger partial charge in [0.2, 0.25) is 0 Å². The van der Waals surface area contributed by atoms with Crippen LogP contribution in [-0.2, 0) is 4.74 Å². The Hall–Kier alpha value is -2.05. The largest absolute Gasteiger partial charge is 0.493 e. The lowest BCUT2D eigenvalue weighted by Gasteiger charge is -2.11. The summed E-state index contributed by atoms with van der Waals surface area (Å²) < 4.78 is 16.0. The van der Waals surface area contributed by atoms with E-state index in [0.29, 0.717) is 26.6 Å². The Kier molecular flexibility index (Phi) is 6.23. The van der Waals surface area contributed by atoms with E-state index in [1.54, 1.807) is 24.3 Å². The molecule has 2 aromatic carbocycles. The van der Waals surface area contributed by atoms with Crippen LogP contribution in [0.1, 0.15) is 20.7 Å². The third-order valence-electron chi connectivity index (χ3n) is 3.17. The fraction of sp³-hybridized carbons (Fsp3) is 0.176. The van der Waals surface area contributed by atoms with Gasteiger partial charge in [0.1, 0.15) is 0 Å². The van der Waals surface area contributed by atoms with Crippen molar-refractivity contribution in [2.24, 2.45) is 0 Å². The van der Waals surface area contributed by atoms with Gasteiger partial charge in [-0.25, -0.2) is 4.79 Å². The molecule has 0 bridgehead atoms. The van der Waals surface area contributed by atoms with E-state index in [2.05, 4.69) is 15.9 Å². The summed E-state index contributed by atoms with van der Waals surface area (Å²) in [5, 5.41) is 0.527. The normalized spacial score (nSPS) is 10.2. The monoisotopic (exact) mass is 412 g/mol. The molecule has 126 valence electrons. The van der Waals surface area contributed by atoms with Crippen LogP contribution >= 0.6 is 27.5 Å². The predicted octanol–water partition coefficient (Wildman–Crippen LogP) is 4.16. The number of carbonyl (C=O) groups excluding carboxylic acids is 2. The van der Waals surface area contributed by atoms with Gasteiger partial charge in [-0.2, -0.15) is 0 Å². The Bertz CT molecular complexity index is 758. The number of benzene rings is 2. The van der Waals surface area contributed by atoms with Crippen molar-refractivity contribution in [3.8, 4) is 11.5 Å². The highest BCUT2D eigenvalue weighted by Crippen LogP contribution is 2.36. The van der Waals surface area contributed by atoms with Crippen LogP contribution in [0.2, 0.25) is 5.02 Å². The lowest BCUT2D eigenvalue weighted by molar-refractivity contribution is 0.0474. The molecule has 0 N–H and O–H groups in total. The number of rotatable bonds is 6. The van der Waals surface area contributed by atoms with Crippen molar-refractivity contribution in [1.82, 2.24) is 0 Å². The zero-order valence-corrected chi connectivity index (χ0v) is 15.3. The van der Waals surface area contributed by atoms with Crippen LogP contribution in [0.25, 0.3) is 0 Å². The van der Waals surface area contributed by atoms with E-state index in [0.717, 1.165) is 0 Å². The average molecular weight is 414 g/mol. The molecule has 0 aromatic heterocycles. The highest BCUT2D eigenvalue weighted by molar-refractivity contribution is 9.10. The number of hydrogen-bond acceptors (Lipinski definition) is 5. The smallest absolute Gasteiger partial charge is 0.338 e. The molecular formula is C17H14BrClO5. The van der Waals surface area contributed by atoms with Crippen molar-refractivity contribution < 1.29 is 23.8 Å². The first kappa shape index (κ1) is 18.3. The highest BCUT2D eigenvalue weighted by Gasteiger charge is 2.17. The summed E-state index contributed by atoms with van der Waals surface area (Å²) in [6.07, 6.45) is 0. The van der Waals surface area contributed by atoms with Gasteiger partial charge in [-0.1, -0.05) is 11.6 Å². The molecule has 24 heavy (non-hydrogen) atoms. The number of halogens is 2. The second-order valence-corrected chi connectivity index (χ2v) is 5.99. The zero-order chi connectivity index (χ0) is 17.7. The molecule has 5 nitrogen and oxygen atoms in total. The Morgan fingerprint density at radius 3 is 2.29 bits per heavy atom. The SMILES string of the molecule is COc1cc(C(=O)OCC(=O)c2ccc(Cl)cc2)cc(Br)c1OC. The van der Waals surface area contributed by atoms with Gasteiger partial charge in [-0.15, -0.1) is 0 Å². The van der Waals surface area contributed by atoms with E-state index < -0.39 is 5.97 Å². The fourth-order valence-electron chi connectivity index (χ4n) is 1.97. The lowest BCUT2D eigenvalue weighted by atomic mass is 10.1. The first-order valence-electron chi connectivity index (χ1n) is 6.83. The van der Waals surface area contributed by atoms with Crippen LogP contribution in [0.3, 0.4) is 0 Å². The number of ether oxygens (including phenoxy) is 3. The molecule has 0 amide bonds. The fourth-order valence-corrected chi connectivity index (χ4v) is 2.70. The van der Waals surface area contributed by atoms with Gasteiger partial charge >= 0.3 is 5.97 Å². The molecule has 0 radical (unpaired) electrons. The number of esters is 1. The summed E-state index contributed by atoms with van der Waals surface area (Å²) in [7, 11) is 2.95. The second kappa shape index (κ2) is 8.17. The maximum Gasteiger partial charge on any atom is 0.338 e. The third-order valence-corrected chi connectivity index (χ3v) is 4.01. The Labute approximate surface area is 152 Å². The van der Waals surface area contributed by atoms with Crippen LogP contribution in [0.5, 0.6) is 11.5 Å². The summed E-state index contributed by atoms with van der Waals surface area (Å²) in [5.74, 6) is -0.118. The van der Waals surface area contributed by atoms with Crippen LogP contribution in [0.4, 0.5) is 0 Å². The minimum absolute atomic E-state index is 0.239. The van der Waals surface area contributed by atoms with Gasteiger partial charge in [0.25, 0.3) is 0 Å². The predicted molar refractivity (Wildman–Crippen MR) is 93.3 cm³/mol. The molecular weight excluding hydrogens is 400 g/mol. The average Bonchev–Trinajstić information content (AvgIpc) is 2.59. The van der Waals surface area contributed by atoms with E-state index in [1.807, 2.05) is 0 Å². The molecule has 2 aromatic rings. The molecule has 0 saturated carbocycles. The molecule has 0 aliphatic carbocycles. The second-order valence-electron chi connectivity index (χ2n) is 4.70. The Morgan fingerprint density at radius 2 is 1.71 bits per heavy atom. The Morgan fingerprint density at radius 1 is 1.04 bits per heavy atom. The van der Waals surface area contributed by atoms with Crippen LogP contribution in [0, 0.1) is 0 Å². The highest BCUT2D eigenvalue weighted by atomic mass is 79.9. The quantitative estimate of drug-likeness (QED) is 0.526. The van der Waals surface area contributed by atoms with Gasteiger partial charge in [-0.05, 0) is 52.3 Å². The molecule has 0 saturated heterocycles. The first-order valence-corrected chi connectivity index (χ1v) is 8.00. The number of hydrogen-bond donors (Lipinski definition) is 0. The summed E-state index contributed by atoms with van der Waals surface area (Å²) in [6, 6.07) is 9.37. The van der Waals surface area contributed by atoms with Crippen LogP contribution in [-0.4, -0.2) is 32.6 Å². The maximum absolute atomic E-state index is 12.1. The van der Waals surface area contributed by atoms with Gasteiger partial charge in [0, 0.05) is 10.6 Å². The van der Waals surface area contributed by atoms with Crippen LogP contribution < -0.4 is 9.47 Å². The van der Waals surface area contributed by atoms with E-state index in [4.69, 9.17) is 25.8 Å².